The molecule has 0 aliphatic carbocycles. The zero-order chi connectivity index (χ0) is 16.8. The molecule has 138 valence electrons. The fraction of sp³-hybridized carbons (Fsp3) is 0.647. The van der Waals surface area contributed by atoms with Gasteiger partial charge < -0.3 is 20.1 Å². The van der Waals surface area contributed by atoms with Gasteiger partial charge in [-0.2, -0.15) is 0 Å². The Balaban J connectivity index is 0.00000529. The van der Waals surface area contributed by atoms with Crippen molar-refractivity contribution in [3.8, 4) is 5.88 Å². The Morgan fingerprint density at radius 3 is 2.75 bits per heavy atom. The summed E-state index contributed by atoms with van der Waals surface area (Å²) in [6.45, 7) is 7.59. The Morgan fingerprint density at radius 1 is 1.21 bits per heavy atom. The summed E-state index contributed by atoms with van der Waals surface area (Å²) in [7, 11) is 1.65. The lowest BCUT2D eigenvalue weighted by atomic mass is 10.2. The summed E-state index contributed by atoms with van der Waals surface area (Å²) < 4.78 is 10.6. The van der Waals surface area contributed by atoms with Crippen molar-refractivity contribution < 1.29 is 9.47 Å². The number of guanidine groups is 1. The van der Waals surface area contributed by atoms with Gasteiger partial charge in [-0.25, -0.2) is 9.98 Å². The normalized spacial score (nSPS) is 10.9. The van der Waals surface area contributed by atoms with Gasteiger partial charge in [0.25, 0.3) is 0 Å². The minimum absolute atomic E-state index is 0. The first-order valence-electron chi connectivity index (χ1n) is 8.39. The number of halogens is 1. The Labute approximate surface area is 162 Å². The number of hydrogen-bond donors (Lipinski definition) is 2. The number of ether oxygens (including phenoxy) is 2. The van der Waals surface area contributed by atoms with Crippen molar-refractivity contribution in [3.63, 3.8) is 0 Å². The van der Waals surface area contributed by atoms with E-state index in [1.165, 1.54) is 12.8 Å². The standard InChI is InChI=1S/C17H30N4O2.HI/c1-4-6-7-10-20-17(18-5-2)21-14-15-9-8-11-19-16(15)23-13-12-22-3;/h8-9,11H,4-7,10,12-14H2,1-3H3,(H2,18,20,21);1H. The van der Waals surface area contributed by atoms with Crippen molar-refractivity contribution in [1.82, 2.24) is 15.6 Å². The molecule has 2 N–H and O–H groups in total. The van der Waals surface area contributed by atoms with Gasteiger partial charge in [-0.1, -0.05) is 25.8 Å². The monoisotopic (exact) mass is 450 g/mol. The summed E-state index contributed by atoms with van der Waals surface area (Å²) in [5.74, 6) is 1.45. The first kappa shape index (κ1) is 22.9. The summed E-state index contributed by atoms with van der Waals surface area (Å²) >= 11 is 0. The molecule has 0 bridgehead atoms. The molecule has 0 aliphatic heterocycles. The van der Waals surface area contributed by atoms with Crippen molar-refractivity contribution in [1.29, 1.82) is 0 Å². The van der Waals surface area contributed by atoms with Crippen molar-refractivity contribution in [2.75, 3.05) is 33.4 Å². The lowest BCUT2D eigenvalue weighted by Crippen LogP contribution is -2.37. The topological polar surface area (TPSA) is 67.8 Å². The van der Waals surface area contributed by atoms with Gasteiger partial charge in [0.15, 0.2) is 5.96 Å². The van der Waals surface area contributed by atoms with E-state index >= 15 is 0 Å². The first-order chi connectivity index (χ1) is 11.3. The van der Waals surface area contributed by atoms with E-state index in [1.54, 1.807) is 13.3 Å². The molecule has 0 saturated carbocycles. The second kappa shape index (κ2) is 15.4. The predicted molar refractivity (Wildman–Crippen MR) is 109 cm³/mol. The lowest BCUT2D eigenvalue weighted by Gasteiger charge is -2.12. The van der Waals surface area contributed by atoms with Crippen LogP contribution in [0.15, 0.2) is 23.3 Å². The fourth-order valence-electron chi connectivity index (χ4n) is 1.98. The van der Waals surface area contributed by atoms with Crippen LogP contribution in [0.2, 0.25) is 0 Å². The summed E-state index contributed by atoms with van der Waals surface area (Å²) in [5.41, 5.74) is 0.967. The number of methoxy groups -OCH3 is 1. The number of nitrogens with one attached hydrogen (secondary N) is 2. The molecule has 0 atom stereocenters. The third-order valence-corrected chi connectivity index (χ3v) is 3.20. The fourth-order valence-corrected chi connectivity index (χ4v) is 1.98. The molecule has 0 aromatic carbocycles. The van der Waals surface area contributed by atoms with E-state index in [-0.39, 0.29) is 24.0 Å². The zero-order valence-corrected chi connectivity index (χ0v) is 17.3. The van der Waals surface area contributed by atoms with Crippen LogP contribution in [0.5, 0.6) is 5.88 Å². The van der Waals surface area contributed by atoms with E-state index in [9.17, 15) is 0 Å². The molecule has 1 rings (SSSR count). The number of pyridine rings is 1. The number of aliphatic imine (C=N–C) groups is 1. The van der Waals surface area contributed by atoms with Gasteiger partial charge in [0, 0.05) is 32.0 Å². The molecule has 0 aliphatic rings. The number of unbranched alkanes of at least 4 members (excludes halogenated alkanes) is 2. The van der Waals surface area contributed by atoms with E-state index in [4.69, 9.17) is 9.47 Å². The summed E-state index contributed by atoms with van der Waals surface area (Å²) in [6, 6.07) is 3.88. The second-order valence-electron chi connectivity index (χ2n) is 5.14. The molecule has 24 heavy (non-hydrogen) atoms. The molecule has 0 saturated heterocycles. The SMILES string of the molecule is CCCCCNC(=NCc1cccnc1OCCOC)NCC.I. The number of hydrogen-bond acceptors (Lipinski definition) is 4. The molecule has 0 unspecified atom stereocenters. The van der Waals surface area contributed by atoms with Crippen LogP contribution in [0.1, 0.15) is 38.7 Å². The summed E-state index contributed by atoms with van der Waals surface area (Å²) in [6.07, 6.45) is 5.32. The molecule has 0 spiro atoms. The van der Waals surface area contributed by atoms with Crippen molar-refractivity contribution >= 4 is 29.9 Å². The summed E-state index contributed by atoms with van der Waals surface area (Å²) in [5, 5.41) is 6.61. The molecule has 7 heteroatoms. The van der Waals surface area contributed by atoms with E-state index < -0.39 is 0 Å². The average molecular weight is 450 g/mol. The van der Waals surface area contributed by atoms with Gasteiger partial charge >= 0.3 is 0 Å². The molecule has 0 radical (unpaired) electrons. The maximum atomic E-state index is 5.64. The van der Waals surface area contributed by atoms with E-state index in [0.29, 0.717) is 25.6 Å². The predicted octanol–water partition coefficient (Wildman–Crippen LogP) is 2.97. The Bertz CT molecular complexity index is 458. The largest absolute Gasteiger partial charge is 0.475 e. The van der Waals surface area contributed by atoms with Crippen molar-refractivity contribution in [2.24, 2.45) is 4.99 Å². The van der Waals surface area contributed by atoms with Crippen LogP contribution in [0, 0.1) is 0 Å². The van der Waals surface area contributed by atoms with Gasteiger partial charge in [0.2, 0.25) is 5.88 Å². The maximum absolute atomic E-state index is 5.64. The number of nitrogens with zero attached hydrogens (tertiary/aromatic N) is 2. The summed E-state index contributed by atoms with van der Waals surface area (Å²) in [4.78, 5) is 8.89. The van der Waals surface area contributed by atoms with Crippen LogP contribution in [-0.2, 0) is 11.3 Å². The molecular weight excluding hydrogens is 419 g/mol. The Morgan fingerprint density at radius 2 is 2.04 bits per heavy atom. The highest BCUT2D eigenvalue weighted by Crippen LogP contribution is 2.15. The molecule has 1 aromatic rings. The molecule has 0 fully saturated rings. The van der Waals surface area contributed by atoms with E-state index in [2.05, 4.69) is 34.5 Å². The number of rotatable bonds is 11. The Kier molecular flexibility index (Phi) is 14.7. The molecule has 0 amide bonds. The minimum Gasteiger partial charge on any atom is -0.475 e. The molecular formula is C17H31IN4O2. The van der Waals surface area contributed by atoms with E-state index in [1.807, 2.05) is 12.1 Å². The molecule has 1 heterocycles. The van der Waals surface area contributed by atoms with Crippen LogP contribution in [-0.4, -0.2) is 44.4 Å². The maximum Gasteiger partial charge on any atom is 0.218 e. The van der Waals surface area contributed by atoms with Crippen LogP contribution in [0.4, 0.5) is 0 Å². The first-order valence-corrected chi connectivity index (χ1v) is 8.39. The van der Waals surface area contributed by atoms with Gasteiger partial charge in [-0.15, -0.1) is 24.0 Å². The van der Waals surface area contributed by atoms with E-state index in [0.717, 1.165) is 31.0 Å². The smallest absolute Gasteiger partial charge is 0.218 e. The second-order valence-corrected chi connectivity index (χ2v) is 5.14. The number of aromatic nitrogens is 1. The van der Waals surface area contributed by atoms with Gasteiger partial charge in [-0.3, -0.25) is 0 Å². The highest BCUT2D eigenvalue weighted by molar-refractivity contribution is 14.0. The van der Waals surface area contributed by atoms with Gasteiger partial charge in [-0.05, 0) is 19.4 Å². The van der Waals surface area contributed by atoms with Crippen LogP contribution in [0.3, 0.4) is 0 Å². The van der Waals surface area contributed by atoms with Crippen molar-refractivity contribution in [2.45, 2.75) is 39.7 Å². The van der Waals surface area contributed by atoms with Crippen LogP contribution in [0.25, 0.3) is 0 Å². The highest BCUT2D eigenvalue weighted by Gasteiger charge is 2.05. The zero-order valence-electron chi connectivity index (χ0n) is 15.0. The lowest BCUT2D eigenvalue weighted by molar-refractivity contribution is 0.143. The molecule has 1 aromatic heterocycles. The van der Waals surface area contributed by atoms with Crippen LogP contribution < -0.4 is 15.4 Å². The third kappa shape index (κ3) is 9.92. The average Bonchev–Trinajstić information content (AvgIpc) is 2.57. The molecule has 6 nitrogen and oxygen atoms in total. The Hall–Kier alpha value is -1.09. The third-order valence-electron chi connectivity index (χ3n) is 3.20. The quantitative estimate of drug-likeness (QED) is 0.235. The van der Waals surface area contributed by atoms with Crippen LogP contribution >= 0.6 is 24.0 Å². The minimum atomic E-state index is 0. The van der Waals surface area contributed by atoms with Gasteiger partial charge in [0.05, 0.1) is 13.2 Å². The highest BCUT2D eigenvalue weighted by atomic mass is 127. The van der Waals surface area contributed by atoms with Gasteiger partial charge in [0.1, 0.15) is 6.61 Å². The van der Waals surface area contributed by atoms with Crippen molar-refractivity contribution in [3.05, 3.63) is 23.9 Å².